The van der Waals surface area contributed by atoms with Crippen molar-refractivity contribution in [1.29, 1.82) is 0 Å². The van der Waals surface area contributed by atoms with Crippen LogP contribution in [0.25, 0.3) is 22.3 Å². The fourth-order valence-electron chi connectivity index (χ4n) is 4.09. The summed E-state index contributed by atoms with van der Waals surface area (Å²) in [5.74, 6) is 1.22. The van der Waals surface area contributed by atoms with E-state index in [1.54, 1.807) is 13.2 Å². The molecule has 0 radical (unpaired) electrons. The van der Waals surface area contributed by atoms with Gasteiger partial charge in [-0.3, -0.25) is 4.79 Å². The van der Waals surface area contributed by atoms with Crippen molar-refractivity contribution < 1.29 is 14.3 Å². The summed E-state index contributed by atoms with van der Waals surface area (Å²) in [6.07, 6.45) is 2.00. The minimum Gasteiger partial charge on any atom is -0.497 e. The second-order valence-electron chi connectivity index (χ2n) is 7.81. The summed E-state index contributed by atoms with van der Waals surface area (Å²) in [5.41, 5.74) is 10.9. The summed E-state index contributed by atoms with van der Waals surface area (Å²) in [6.45, 7) is 6.40. The monoisotopic (exact) mass is 417 g/mol. The number of rotatable bonds is 5. The van der Waals surface area contributed by atoms with Crippen molar-refractivity contribution in [2.45, 2.75) is 20.0 Å². The van der Waals surface area contributed by atoms with Crippen LogP contribution in [0.15, 0.2) is 54.7 Å². The van der Waals surface area contributed by atoms with Crippen LogP contribution in [-0.4, -0.2) is 43.8 Å². The molecule has 1 aliphatic heterocycles. The lowest BCUT2D eigenvalue weighted by atomic mass is 9.87. The van der Waals surface area contributed by atoms with Crippen molar-refractivity contribution in [2.24, 2.45) is 5.73 Å². The standard InChI is InChI=1S/C25H27N3O3/c1-16-4-10-21(25(26)29)24(23(16)18-5-8-20(30-3)9-6-18)19-7-11-22(27-14-19)28-12-13-31-17(2)15-28/h4-11,14,17H,12-13,15H2,1-3H3,(H2,26,29). The lowest BCUT2D eigenvalue weighted by Crippen LogP contribution is -2.41. The van der Waals surface area contributed by atoms with Crippen LogP contribution in [0, 0.1) is 6.92 Å². The average Bonchev–Trinajstić information content (AvgIpc) is 2.79. The molecule has 6 heteroatoms. The number of amides is 1. The number of primary amides is 1. The van der Waals surface area contributed by atoms with E-state index in [4.69, 9.17) is 20.2 Å². The molecule has 2 N–H and O–H groups in total. The molecule has 0 bridgehead atoms. The van der Waals surface area contributed by atoms with Crippen LogP contribution in [-0.2, 0) is 4.74 Å². The van der Waals surface area contributed by atoms with Gasteiger partial charge in [-0.2, -0.15) is 0 Å². The number of hydrogen-bond acceptors (Lipinski definition) is 5. The fraction of sp³-hybridized carbons (Fsp3) is 0.280. The first-order chi connectivity index (χ1) is 15.0. The van der Waals surface area contributed by atoms with Gasteiger partial charge in [-0.05, 0) is 60.9 Å². The predicted molar refractivity (Wildman–Crippen MR) is 123 cm³/mol. The molecule has 1 aliphatic rings. The zero-order chi connectivity index (χ0) is 22.0. The van der Waals surface area contributed by atoms with Gasteiger partial charge in [-0.15, -0.1) is 0 Å². The van der Waals surface area contributed by atoms with Gasteiger partial charge in [0.25, 0.3) is 0 Å². The molecule has 1 unspecified atom stereocenters. The molecule has 0 aliphatic carbocycles. The lowest BCUT2D eigenvalue weighted by Gasteiger charge is -2.32. The normalized spacial score (nSPS) is 16.2. The van der Waals surface area contributed by atoms with Crippen LogP contribution in [0.2, 0.25) is 0 Å². The van der Waals surface area contributed by atoms with Crippen molar-refractivity contribution in [3.8, 4) is 28.0 Å². The molecule has 160 valence electrons. The summed E-state index contributed by atoms with van der Waals surface area (Å²) in [6, 6.07) is 15.5. The Morgan fingerprint density at radius 1 is 1.10 bits per heavy atom. The van der Waals surface area contributed by atoms with Gasteiger partial charge in [0.2, 0.25) is 5.91 Å². The summed E-state index contributed by atoms with van der Waals surface area (Å²) in [4.78, 5) is 19.2. The van der Waals surface area contributed by atoms with Gasteiger partial charge in [0.1, 0.15) is 11.6 Å². The van der Waals surface area contributed by atoms with Crippen molar-refractivity contribution in [3.05, 3.63) is 65.9 Å². The minimum absolute atomic E-state index is 0.176. The first-order valence-corrected chi connectivity index (χ1v) is 10.4. The molecular weight excluding hydrogens is 390 g/mol. The van der Waals surface area contributed by atoms with Crippen LogP contribution in [0.3, 0.4) is 0 Å². The molecule has 0 spiro atoms. The zero-order valence-corrected chi connectivity index (χ0v) is 18.1. The molecule has 1 atom stereocenters. The number of aromatic nitrogens is 1. The Morgan fingerprint density at radius 2 is 1.84 bits per heavy atom. The molecule has 1 amide bonds. The molecule has 3 aromatic rings. The molecule has 1 aromatic heterocycles. The summed E-state index contributed by atoms with van der Waals surface area (Å²) in [5, 5.41) is 0. The highest BCUT2D eigenvalue weighted by Gasteiger charge is 2.21. The lowest BCUT2D eigenvalue weighted by molar-refractivity contribution is 0.0529. The van der Waals surface area contributed by atoms with Gasteiger partial charge >= 0.3 is 0 Å². The van der Waals surface area contributed by atoms with Crippen LogP contribution in [0.1, 0.15) is 22.8 Å². The second kappa shape index (κ2) is 8.78. The highest BCUT2D eigenvalue weighted by atomic mass is 16.5. The zero-order valence-electron chi connectivity index (χ0n) is 18.1. The highest BCUT2D eigenvalue weighted by Crippen LogP contribution is 2.38. The maximum atomic E-state index is 12.3. The van der Waals surface area contributed by atoms with Crippen LogP contribution in [0.5, 0.6) is 5.75 Å². The van der Waals surface area contributed by atoms with Crippen molar-refractivity contribution in [3.63, 3.8) is 0 Å². The molecule has 6 nitrogen and oxygen atoms in total. The number of aryl methyl sites for hydroxylation is 1. The minimum atomic E-state index is -0.462. The maximum absolute atomic E-state index is 12.3. The van der Waals surface area contributed by atoms with E-state index >= 15 is 0 Å². The Morgan fingerprint density at radius 3 is 2.45 bits per heavy atom. The van der Waals surface area contributed by atoms with E-state index in [0.717, 1.165) is 52.5 Å². The molecule has 2 heterocycles. The number of ether oxygens (including phenoxy) is 2. The molecular formula is C25H27N3O3. The number of anilines is 1. The summed E-state index contributed by atoms with van der Waals surface area (Å²) >= 11 is 0. The number of morpholine rings is 1. The van der Waals surface area contributed by atoms with E-state index in [2.05, 4.69) is 11.8 Å². The summed E-state index contributed by atoms with van der Waals surface area (Å²) < 4.78 is 10.9. The number of pyridine rings is 1. The SMILES string of the molecule is COc1ccc(-c2c(C)ccc(C(N)=O)c2-c2ccc(N3CCOC(C)C3)nc2)cc1. The van der Waals surface area contributed by atoms with E-state index in [1.807, 2.05) is 55.6 Å². The first-order valence-electron chi connectivity index (χ1n) is 10.4. The third-order valence-corrected chi connectivity index (χ3v) is 5.66. The number of benzene rings is 2. The maximum Gasteiger partial charge on any atom is 0.249 e. The van der Waals surface area contributed by atoms with Gasteiger partial charge in [-0.25, -0.2) is 4.98 Å². The molecule has 0 saturated carbocycles. The number of carbonyl (C=O) groups is 1. The van der Waals surface area contributed by atoms with Crippen LogP contribution in [0.4, 0.5) is 5.82 Å². The number of hydrogen-bond donors (Lipinski definition) is 1. The number of methoxy groups -OCH3 is 1. The van der Waals surface area contributed by atoms with Crippen molar-refractivity contribution in [1.82, 2.24) is 4.98 Å². The number of nitrogens with zero attached hydrogens (tertiary/aromatic N) is 2. The smallest absolute Gasteiger partial charge is 0.249 e. The van der Waals surface area contributed by atoms with Crippen LogP contribution >= 0.6 is 0 Å². The highest BCUT2D eigenvalue weighted by molar-refractivity contribution is 6.04. The Bertz CT molecular complexity index is 1080. The molecule has 1 fully saturated rings. The predicted octanol–water partition coefficient (Wildman–Crippen LogP) is 4.06. The van der Waals surface area contributed by atoms with Crippen molar-refractivity contribution >= 4 is 11.7 Å². The number of carbonyl (C=O) groups excluding carboxylic acids is 1. The molecule has 4 rings (SSSR count). The topological polar surface area (TPSA) is 77.7 Å². The third-order valence-electron chi connectivity index (χ3n) is 5.66. The average molecular weight is 418 g/mol. The van der Waals surface area contributed by atoms with E-state index in [9.17, 15) is 4.79 Å². The Hall–Kier alpha value is -3.38. The van der Waals surface area contributed by atoms with E-state index in [0.29, 0.717) is 12.2 Å². The van der Waals surface area contributed by atoms with Gasteiger partial charge in [0.15, 0.2) is 0 Å². The number of nitrogens with two attached hydrogens (primary N) is 1. The molecule has 1 saturated heterocycles. The first kappa shape index (κ1) is 20.9. The second-order valence-corrected chi connectivity index (χ2v) is 7.81. The van der Waals surface area contributed by atoms with Gasteiger partial charge < -0.3 is 20.1 Å². The quantitative estimate of drug-likeness (QED) is 0.677. The Balaban J connectivity index is 1.81. The van der Waals surface area contributed by atoms with E-state index in [1.165, 1.54) is 0 Å². The van der Waals surface area contributed by atoms with Crippen molar-refractivity contribution in [2.75, 3.05) is 31.7 Å². The van der Waals surface area contributed by atoms with Gasteiger partial charge in [-0.1, -0.05) is 18.2 Å². The Kier molecular flexibility index (Phi) is 5.91. The Labute approximate surface area is 182 Å². The summed E-state index contributed by atoms with van der Waals surface area (Å²) in [7, 11) is 1.64. The largest absolute Gasteiger partial charge is 0.497 e. The van der Waals surface area contributed by atoms with Gasteiger partial charge in [0.05, 0.1) is 19.8 Å². The third kappa shape index (κ3) is 4.25. The van der Waals surface area contributed by atoms with Gasteiger partial charge in [0, 0.05) is 36.0 Å². The molecule has 31 heavy (non-hydrogen) atoms. The van der Waals surface area contributed by atoms with E-state index in [-0.39, 0.29) is 6.10 Å². The van der Waals surface area contributed by atoms with Crippen LogP contribution < -0.4 is 15.4 Å². The fourth-order valence-corrected chi connectivity index (χ4v) is 4.09. The molecule has 2 aromatic carbocycles. The van der Waals surface area contributed by atoms with E-state index < -0.39 is 5.91 Å².